The van der Waals surface area contributed by atoms with Crippen LogP contribution in [0.15, 0.2) is 65.2 Å². The van der Waals surface area contributed by atoms with Crippen LogP contribution in [-0.2, 0) is 26.9 Å². The number of nitrogens with two attached hydrogens (primary N) is 1. The molecule has 1 fully saturated rings. The highest BCUT2D eigenvalue weighted by Crippen LogP contribution is 2.34. The smallest absolute Gasteiger partial charge is 0.419 e. The lowest BCUT2D eigenvalue weighted by molar-refractivity contribution is -0.140. The molecule has 2 unspecified atom stereocenters. The van der Waals surface area contributed by atoms with Crippen LogP contribution in [0.3, 0.4) is 0 Å². The van der Waals surface area contributed by atoms with Crippen LogP contribution in [0.4, 0.5) is 17.6 Å². The van der Waals surface area contributed by atoms with Crippen molar-refractivity contribution >= 4 is 22.5 Å². The van der Waals surface area contributed by atoms with Crippen molar-refractivity contribution in [1.82, 2.24) is 19.4 Å². The molecule has 5 rings (SSSR count). The van der Waals surface area contributed by atoms with E-state index in [1.807, 2.05) is 26.0 Å². The molecule has 0 saturated carbocycles. The zero-order chi connectivity index (χ0) is 34.4. The van der Waals surface area contributed by atoms with E-state index in [9.17, 15) is 27.2 Å². The number of carbonyl (C=O) groups excluding carboxylic acids is 1. The number of halogens is 4. The number of nitrogens with zero attached hydrogens (tertiary/aromatic N) is 4. The number of fused-ring (bicyclic) bond motifs is 1. The lowest BCUT2D eigenvalue weighted by atomic mass is 9.96. The second kappa shape index (κ2) is 15.4. The molecular formula is C35H41F4N5O4. The Labute approximate surface area is 276 Å². The van der Waals surface area contributed by atoms with Gasteiger partial charge in [0.15, 0.2) is 0 Å². The Morgan fingerprint density at radius 1 is 1.17 bits per heavy atom. The first kappa shape index (κ1) is 35.2. The Morgan fingerprint density at radius 3 is 2.58 bits per heavy atom. The standard InChI is InChI=1S/C35H41F4N5O4/c1-3-48-25-9-11-30(23(2)20-25)44-33(41-29-7-5-4-6-26(29)34(44)46)31(12-13-40)43(15-14-42-16-18-47-19-17-42)32(45)22-24-8-10-27(28(36)21-24)35(37,38)39/h4-11,21,23,31H,3,12-20,22,40H2,1-2H3. The van der Waals surface area contributed by atoms with Crippen molar-refractivity contribution in [2.24, 2.45) is 11.7 Å². The molecule has 258 valence electrons. The lowest BCUT2D eigenvalue weighted by Gasteiger charge is -2.36. The van der Waals surface area contributed by atoms with Gasteiger partial charge in [0.05, 0.1) is 54.5 Å². The van der Waals surface area contributed by atoms with Crippen molar-refractivity contribution in [3.63, 3.8) is 0 Å². The molecule has 0 bridgehead atoms. The summed E-state index contributed by atoms with van der Waals surface area (Å²) in [6, 6.07) is 8.71. The van der Waals surface area contributed by atoms with Gasteiger partial charge in [0.2, 0.25) is 5.91 Å². The van der Waals surface area contributed by atoms with E-state index in [1.54, 1.807) is 33.7 Å². The van der Waals surface area contributed by atoms with Crippen LogP contribution >= 0.6 is 0 Å². The van der Waals surface area contributed by atoms with Gasteiger partial charge in [0.25, 0.3) is 5.56 Å². The van der Waals surface area contributed by atoms with E-state index in [4.69, 9.17) is 20.2 Å². The summed E-state index contributed by atoms with van der Waals surface area (Å²) in [4.78, 5) is 37.2. The summed E-state index contributed by atoms with van der Waals surface area (Å²) < 4.78 is 67.1. The Morgan fingerprint density at radius 2 is 1.92 bits per heavy atom. The minimum atomic E-state index is -4.86. The molecule has 1 saturated heterocycles. The van der Waals surface area contributed by atoms with Gasteiger partial charge in [-0.3, -0.25) is 19.1 Å². The van der Waals surface area contributed by atoms with E-state index in [2.05, 4.69) is 4.90 Å². The van der Waals surface area contributed by atoms with E-state index in [0.29, 0.717) is 74.4 Å². The molecule has 1 aromatic heterocycles. The van der Waals surface area contributed by atoms with Crippen LogP contribution < -0.4 is 11.3 Å². The number of para-hydroxylation sites is 1. The first-order valence-corrected chi connectivity index (χ1v) is 16.2. The molecule has 2 atom stereocenters. The third kappa shape index (κ3) is 7.96. The van der Waals surface area contributed by atoms with Crippen molar-refractivity contribution in [2.45, 2.75) is 45.3 Å². The molecule has 0 radical (unpaired) electrons. The number of benzene rings is 2. The summed E-state index contributed by atoms with van der Waals surface area (Å²) in [5, 5.41) is 0.409. The Bertz CT molecular complexity index is 1730. The van der Waals surface area contributed by atoms with Gasteiger partial charge in [-0.1, -0.05) is 25.1 Å². The minimum Gasteiger partial charge on any atom is -0.498 e. The fourth-order valence-corrected chi connectivity index (χ4v) is 6.31. The zero-order valence-electron chi connectivity index (χ0n) is 27.1. The SMILES string of the molecule is CCOC1=CC=C(n2c(C(CCN)N(CCN3CCOCC3)C(=O)Cc3ccc(C(F)(F)F)c(F)c3)nc3ccccc3c2=O)C(C)C1. The van der Waals surface area contributed by atoms with Gasteiger partial charge in [-0.2, -0.15) is 13.2 Å². The highest BCUT2D eigenvalue weighted by atomic mass is 19.4. The van der Waals surface area contributed by atoms with Crippen LogP contribution in [0.2, 0.25) is 0 Å². The fourth-order valence-electron chi connectivity index (χ4n) is 6.31. The summed E-state index contributed by atoms with van der Waals surface area (Å²) in [5.74, 6) is -0.929. The number of rotatable bonds is 12. The largest absolute Gasteiger partial charge is 0.498 e. The lowest BCUT2D eigenvalue weighted by Crippen LogP contribution is -2.46. The van der Waals surface area contributed by atoms with Crippen LogP contribution in [0.25, 0.3) is 16.6 Å². The second-order valence-corrected chi connectivity index (χ2v) is 12.0. The maximum absolute atomic E-state index is 14.5. The van der Waals surface area contributed by atoms with Crippen molar-refractivity contribution in [1.29, 1.82) is 0 Å². The third-order valence-electron chi connectivity index (χ3n) is 8.73. The summed E-state index contributed by atoms with van der Waals surface area (Å²) in [6.45, 7) is 7.62. The zero-order valence-corrected chi connectivity index (χ0v) is 27.1. The van der Waals surface area contributed by atoms with Gasteiger partial charge in [0.1, 0.15) is 11.6 Å². The average molecular weight is 672 g/mol. The van der Waals surface area contributed by atoms with Gasteiger partial charge >= 0.3 is 6.18 Å². The number of amides is 1. The third-order valence-corrected chi connectivity index (χ3v) is 8.73. The monoisotopic (exact) mass is 671 g/mol. The molecule has 0 spiro atoms. The molecule has 1 amide bonds. The molecule has 13 heteroatoms. The van der Waals surface area contributed by atoms with Crippen molar-refractivity contribution < 1.29 is 31.8 Å². The molecule has 1 aliphatic heterocycles. The van der Waals surface area contributed by atoms with E-state index in [1.165, 1.54) is 0 Å². The molecular weight excluding hydrogens is 630 g/mol. The Kier molecular flexibility index (Phi) is 11.3. The number of hydrogen-bond donors (Lipinski definition) is 1. The first-order valence-electron chi connectivity index (χ1n) is 16.2. The quantitative estimate of drug-likeness (QED) is 0.266. The van der Waals surface area contributed by atoms with Gasteiger partial charge in [0, 0.05) is 44.2 Å². The topological polar surface area (TPSA) is 103 Å². The molecule has 2 N–H and O–H groups in total. The molecule has 2 aromatic carbocycles. The van der Waals surface area contributed by atoms with Crippen molar-refractivity contribution in [3.8, 4) is 0 Å². The van der Waals surface area contributed by atoms with E-state index >= 15 is 0 Å². The number of hydrogen-bond acceptors (Lipinski definition) is 7. The van der Waals surface area contributed by atoms with Crippen LogP contribution in [0.1, 0.15) is 49.7 Å². The van der Waals surface area contributed by atoms with Crippen LogP contribution in [0.5, 0.6) is 0 Å². The maximum Gasteiger partial charge on any atom is 0.419 e. The Balaban J connectivity index is 1.61. The van der Waals surface area contributed by atoms with E-state index in [0.717, 1.165) is 17.9 Å². The molecule has 48 heavy (non-hydrogen) atoms. The van der Waals surface area contributed by atoms with Crippen LogP contribution in [-0.4, -0.2) is 77.8 Å². The van der Waals surface area contributed by atoms with Gasteiger partial charge < -0.3 is 20.1 Å². The molecule has 2 aliphatic rings. The first-order chi connectivity index (χ1) is 23.0. The van der Waals surface area contributed by atoms with Gasteiger partial charge in [-0.15, -0.1) is 0 Å². The summed E-state index contributed by atoms with van der Waals surface area (Å²) in [7, 11) is 0. The minimum absolute atomic E-state index is 0.0921. The predicted octanol–water partition coefficient (Wildman–Crippen LogP) is 5.15. The van der Waals surface area contributed by atoms with Crippen molar-refractivity contribution in [3.05, 3.63) is 93.5 Å². The summed E-state index contributed by atoms with van der Waals surface area (Å²) in [6.07, 6.45) is -0.760. The molecule has 2 heterocycles. The molecule has 3 aromatic rings. The second-order valence-electron chi connectivity index (χ2n) is 12.0. The van der Waals surface area contributed by atoms with Gasteiger partial charge in [-0.05, 0) is 61.9 Å². The number of aromatic nitrogens is 2. The van der Waals surface area contributed by atoms with E-state index < -0.39 is 29.5 Å². The fraction of sp³-hybridized carbons (Fsp3) is 0.457. The summed E-state index contributed by atoms with van der Waals surface area (Å²) >= 11 is 0. The van der Waals surface area contributed by atoms with E-state index in [-0.39, 0.29) is 43.0 Å². The van der Waals surface area contributed by atoms with Crippen LogP contribution in [0, 0.1) is 11.7 Å². The maximum atomic E-state index is 14.5. The highest BCUT2D eigenvalue weighted by molar-refractivity contribution is 5.81. The number of alkyl halides is 3. The van der Waals surface area contributed by atoms with Crippen molar-refractivity contribution in [2.75, 3.05) is 52.5 Å². The number of carbonyl (C=O) groups is 1. The average Bonchev–Trinajstić information content (AvgIpc) is 3.05. The molecule has 9 nitrogen and oxygen atoms in total. The Hall–Kier alpha value is -4.07. The highest BCUT2D eigenvalue weighted by Gasteiger charge is 2.35. The van der Waals surface area contributed by atoms with Gasteiger partial charge in [-0.25, -0.2) is 9.37 Å². The predicted molar refractivity (Wildman–Crippen MR) is 174 cm³/mol. The summed E-state index contributed by atoms with van der Waals surface area (Å²) in [5.41, 5.74) is 5.69. The number of morpholine rings is 1. The molecule has 1 aliphatic carbocycles. The number of ether oxygens (including phenoxy) is 2. The number of allylic oxidation sites excluding steroid dienone is 4. The normalized spacial score (nSPS) is 17.9.